The molecule has 0 aliphatic heterocycles. The lowest BCUT2D eigenvalue weighted by Crippen LogP contribution is -2.44. The molecule has 0 bridgehead atoms. The maximum atomic E-state index is 12.4. The number of carbonyl (C=O) groups excluding carboxylic acids is 1. The Labute approximate surface area is 192 Å². The molecule has 0 atom stereocenters. The van der Waals surface area contributed by atoms with Crippen molar-refractivity contribution in [1.82, 2.24) is 15.2 Å². The van der Waals surface area contributed by atoms with Crippen LogP contribution in [0.15, 0.2) is 36.5 Å². The number of aromatic nitrogens is 1. The Kier molecular flexibility index (Phi) is 7.77. The van der Waals surface area contributed by atoms with Gasteiger partial charge in [0.1, 0.15) is 11.4 Å². The second-order valence-corrected chi connectivity index (χ2v) is 9.69. The Morgan fingerprint density at radius 2 is 1.81 bits per heavy atom. The molecule has 1 aliphatic carbocycles. The fraction of sp³-hybridized carbons (Fsp3) is 0.538. The first-order chi connectivity index (χ1) is 15.2. The van der Waals surface area contributed by atoms with Crippen LogP contribution in [0, 0.1) is 6.92 Å². The molecule has 174 valence electrons. The Balaban J connectivity index is 1.57. The number of hydrogen-bond acceptors (Lipinski definition) is 5. The molecule has 1 aromatic heterocycles. The molecule has 1 N–H and O–H groups in total. The molecule has 6 nitrogen and oxygen atoms in total. The Bertz CT molecular complexity index is 915. The number of carbonyl (C=O) groups is 1. The molecule has 1 amide bonds. The molecular weight excluding hydrogens is 402 g/mol. The van der Waals surface area contributed by atoms with E-state index in [1.165, 1.54) is 0 Å². The van der Waals surface area contributed by atoms with Crippen LogP contribution in [0.4, 0.5) is 4.79 Å². The highest BCUT2D eigenvalue weighted by Gasteiger charge is 2.29. The Morgan fingerprint density at radius 3 is 2.44 bits per heavy atom. The van der Waals surface area contributed by atoms with E-state index in [2.05, 4.69) is 28.5 Å². The smallest absolute Gasteiger partial charge is 0.410 e. The van der Waals surface area contributed by atoms with E-state index < -0.39 is 5.60 Å². The van der Waals surface area contributed by atoms with Gasteiger partial charge in [-0.2, -0.15) is 0 Å². The van der Waals surface area contributed by atoms with Gasteiger partial charge in [0.25, 0.3) is 0 Å². The van der Waals surface area contributed by atoms with Gasteiger partial charge in [-0.25, -0.2) is 4.79 Å². The number of ether oxygens (including phenoxy) is 2. The first kappa shape index (κ1) is 24.1. The average molecular weight is 440 g/mol. The average Bonchev–Trinajstić information content (AvgIpc) is 2.76. The van der Waals surface area contributed by atoms with Crippen LogP contribution in [0.1, 0.15) is 57.7 Å². The number of amides is 1. The van der Waals surface area contributed by atoms with Gasteiger partial charge in [0.2, 0.25) is 0 Å². The second-order valence-electron chi connectivity index (χ2n) is 9.69. The van der Waals surface area contributed by atoms with E-state index in [1.807, 2.05) is 53.1 Å². The van der Waals surface area contributed by atoms with Crippen molar-refractivity contribution in [2.24, 2.45) is 0 Å². The van der Waals surface area contributed by atoms with E-state index >= 15 is 0 Å². The molecular formula is C26H37N3O3. The van der Waals surface area contributed by atoms with E-state index in [0.717, 1.165) is 60.4 Å². The lowest BCUT2D eigenvalue weighted by atomic mass is 9.90. The number of rotatable bonds is 6. The summed E-state index contributed by atoms with van der Waals surface area (Å²) in [5.74, 6) is 0.894. The predicted molar refractivity (Wildman–Crippen MR) is 128 cm³/mol. The maximum Gasteiger partial charge on any atom is 0.410 e. The topological polar surface area (TPSA) is 63.7 Å². The van der Waals surface area contributed by atoms with Crippen molar-refractivity contribution in [3.63, 3.8) is 0 Å². The highest BCUT2D eigenvalue weighted by Crippen LogP contribution is 2.28. The third kappa shape index (κ3) is 6.45. The molecule has 0 saturated heterocycles. The molecule has 32 heavy (non-hydrogen) atoms. The van der Waals surface area contributed by atoms with E-state index in [1.54, 1.807) is 12.0 Å². The summed E-state index contributed by atoms with van der Waals surface area (Å²) < 4.78 is 11.1. The standard InChI is InChI=1S/C26H37N3O3/c1-18-15-20(13-14-27-18)19-7-12-24(31-6)21(16-19)17-28-22-8-10-23(11-9-22)29(5)25(30)32-26(2,3)4/h7,12-16,22-23,28H,8-11,17H2,1-6H3. The van der Waals surface area contributed by atoms with Crippen LogP contribution in [0.5, 0.6) is 5.75 Å². The predicted octanol–water partition coefficient (Wildman–Crippen LogP) is 5.33. The van der Waals surface area contributed by atoms with Crippen LogP contribution in [0.25, 0.3) is 11.1 Å². The minimum absolute atomic E-state index is 0.232. The summed E-state index contributed by atoms with van der Waals surface area (Å²) in [6.45, 7) is 8.46. The molecule has 0 spiro atoms. The SMILES string of the molecule is COc1ccc(-c2ccnc(C)c2)cc1CNC1CCC(N(C)C(=O)OC(C)(C)C)CC1. The summed E-state index contributed by atoms with van der Waals surface area (Å²) in [5.41, 5.74) is 4.01. The number of aryl methyl sites for hydroxylation is 1. The zero-order valence-corrected chi connectivity index (χ0v) is 20.3. The number of nitrogens with one attached hydrogen (secondary N) is 1. The molecule has 6 heteroatoms. The van der Waals surface area contributed by atoms with Crippen LogP contribution >= 0.6 is 0 Å². The highest BCUT2D eigenvalue weighted by atomic mass is 16.6. The molecule has 2 aromatic rings. The summed E-state index contributed by atoms with van der Waals surface area (Å²) in [6, 6.07) is 11.1. The van der Waals surface area contributed by atoms with Crippen LogP contribution in [-0.2, 0) is 11.3 Å². The van der Waals surface area contributed by atoms with Crippen LogP contribution in [0.2, 0.25) is 0 Å². The number of hydrogen-bond donors (Lipinski definition) is 1. The lowest BCUT2D eigenvalue weighted by molar-refractivity contribution is 0.0179. The fourth-order valence-electron chi connectivity index (χ4n) is 4.23. The van der Waals surface area contributed by atoms with E-state index in [0.29, 0.717) is 6.04 Å². The molecule has 1 heterocycles. The molecule has 1 fully saturated rings. The van der Waals surface area contributed by atoms with Gasteiger partial charge in [-0.05, 0) is 88.8 Å². The molecule has 0 unspecified atom stereocenters. The van der Waals surface area contributed by atoms with Gasteiger partial charge in [-0.1, -0.05) is 6.07 Å². The molecule has 1 aliphatic rings. The van der Waals surface area contributed by atoms with Gasteiger partial charge in [0.15, 0.2) is 0 Å². The number of nitrogens with zero attached hydrogens (tertiary/aromatic N) is 2. The van der Waals surface area contributed by atoms with Crippen molar-refractivity contribution in [1.29, 1.82) is 0 Å². The van der Waals surface area contributed by atoms with Crippen LogP contribution < -0.4 is 10.1 Å². The van der Waals surface area contributed by atoms with Crippen molar-refractivity contribution in [2.75, 3.05) is 14.2 Å². The van der Waals surface area contributed by atoms with Gasteiger partial charge in [-0.3, -0.25) is 4.98 Å². The van der Waals surface area contributed by atoms with Crippen LogP contribution in [-0.4, -0.2) is 47.8 Å². The summed E-state index contributed by atoms with van der Waals surface area (Å²) >= 11 is 0. The lowest BCUT2D eigenvalue weighted by Gasteiger charge is -2.36. The van der Waals surface area contributed by atoms with E-state index in [9.17, 15) is 4.79 Å². The summed E-state index contributed by atoms with van der Waals surface area (Å²) in [5, 5.41) is 3.70. The highest BCUT2D eigenvalue weighted by molar-refractivity contribution is 5.68. The summed E-state index contributed by atoms with van der Waals surface area (Å²) in [6.07, 6.45) is 5.62. The second kappa shape index (κ2) is 10.3. The fourth-order valence-corrected chi connectivity index (χ4v) is 4.23. The monoisotopic (exact) mass is 439 g/mol. The van der Waals surface area contributed by atoms with Crippen molar-refractivity contribution >= 4 is 6.09 Å². The molecule has 1 saturated carbocycles. The minimum atomic E-state index is -0.466. The maximum absolute atomic E-state index is 12.4. The summed E-state index contributed by atoms with van der Waals surface area (Å²) in [7, 11) is 3.57. The third-order valence-corrected chi connectivity index (χ3v) is 6.02. The van der Waals surface area contributed by atoms with Crippen molar-refractivity contribution < 1.29 is 14.3 Å². The Morgan fingerprint density at radius 1 is 1.12 bits per heavy atom. The van der Waals surface area contributed by atoms with Crippen molar-refractivity contribution in [3.05, 3.63) is 47.8 Å². The molecule has 0 radical (unpaired) electrons. The van der Waals surface area contributed by atoms with Gasteiger partial charge in [0.05, 0.1) is 7.11 Å². The van der Waals surface area contributed by atoms with E-state index in [-0.39, 0.29) is 12.1 Å². The number of benzene rings is 1. The van der Waals surface area contributed by atoms with Gasteiger partial charge in [-0.15, -0.1) is 0 Å². The Hall–Kier alpha value is -2.60. The van der Waals surface area contributed by atoms with Gasteiger partial charge < -0.3 is 19.7 Å². The zero-order chi connectivity index (χ0) is 23.3. The van der Waals surface area contributed by atoms with Crippen LogP contribution in [0.3, 0.4) is 0 Å². The normalized spacial score (nSPS) is 18.8. The first-order valence-corrected chi connectivity index (χ1v) is 11.5. The largest absolute Gasteiger partial charge is 0.496 e. The van der Waals surface area contributed by atoms with E-state index in [4.69, 9.17) is 9.47 Å². The van der Waals surface area contributed by atoms with Crippen molar-refractivity contribution in [2.45, 2.75) is 77.6 Å². The number of methoxy groups -OCH3 is 1. The molecule has 1 aromatic carbocycles. The third-order valence-electron chi connectivity index (χ3n) is 6.02. The quantitative estimate of drug-likeness (QED) is 0.659. The zero-order valence-electron chi connectivity index (χ0n) is 20.3. The van der Waals surface area contributed by atoms with Crippen molar-refractivity contribution in [3.8, 4) is 16.9 Å². The first-order valence-electron chi connectivity index (χ1n) is 11.5. The van der Waals surface area contributed by atoms with Gasteiger partial charge >= 0.3 is 6.09 Å². The minimum Gasteiger partial charge on any atom is -0.496 e. The number of pyridine rings is 1. The van der Waals surface area contributed by atoms with Gasteiger partial charge in [0, 0.05) is 43.1 Å². The molecule has 3 rings (SSSR count). The summed E-state index contributed by atoms with van der Waals surface area (Å²) in [4.78, 5) is 18.4.